The van der Waals surface area contributed by atoms with Crippen molar-refractivity contribution in [3.05, 3.63) is 17.6 Å². The summed E-state index contributed by atoms with van der Waals surface area (Å²) in [4.78, 5) is 4.00. The van der Waals surface area contributed by atoms with Gasteiger partial charge in [-0.15, -0.1) is 10.2 Å². The van der Waals surface area contributed by atoms with E-state index in [1.165, 1.54) is 0 Å². The molecule has 0 aliphatic rings. The largest absolute Gasteiger partial charge is 0.383 e. The van der Waals surface area contributed by atoms with E-state index in [4.69, 9.17) is 5.73 Å². The molecule has 0 unspecified atom stereocenters. The number of aromatic amines is 1. The summed E-state index contributed by atoms with van der Waals surface area (Å²) in [6.07, 6.45) is 2.44. The molecule has 0 amide bonds. The van der Waals surface area contributed by atoms with Crippen LogP contribution in [0.25, 0.3) is 0 Å². The molecule has 0 saturated carbocycles. The molecule has 20 heavy (non-hydrogen) atoms. The number of nitrogens with two attached hydrogens (primary N) is 1. The number of aromatic nitrogens is 5. The predicted molar refractivity (Wildman–Crippen MR) is 72.4 cm³/mol. The van der Waals surface area contributed by atoms with Crippen LogP contribution < -0.4 is 10.5 Å². The van der Waals surface area contributed by atoms with E-state index in [-0.39, 0.29) is 16.7 Å². The third kappa shape index (κ3) is 2.69. The van der Waals surface area contributed by atoms with Gasteiger partial charge >= 0.3 is 0 Å². The number of nitrogens with one attached hydrogen (secondary N) is 2. The Kier molecular flexibility index (Phi) is 3.84. The van der Waals surface area contributed by atoms with Gasteiger partial charge in [0.25, 0.3) is 16.0 Å². The third-order valence-electron chi connectivity index (χ3n) is 2.66. The van der Waals surface area contributed by atoms with Crippen molar-refractivity contribution in [3.8, 4) is 0 Å². The molecule has 0 fully saturated rings. The number of rotatable bonds is 5. The molecule has 0 bridgehead atoms. The van der Waals surface area contributed by atoms with Crippen molar-refractivity contribution in [2.45, 2.75) is 31.6 Å². The van der Waals surface area contributed by atoms with Gasteiger partial charge in [-0.1, -0.05) is 13.8 Å². The highest BCUT2D eigenvalue weighted by atomic mass is 32.2. The lowest BCUT2D eigenvalue weighted by Crippen LogP contribution is -2.17. The lowest BCUT2D eigenvalue weighted by Gasteiger charge is -2.07. The first-order valence-electron chi connectivity index (χ1n) is 6.02. The first-order chi connectivity index (χ1) is 9.47. The standard InChI is InChI=1S/C10H15N7O2S/c1-3-6-7(4-2)14-16-10(13-6)17-20(18,19)8-5-12-15-9(8)11/h5H,3-4H2,1-2H3,(H3,11,12,15)(H,13,16,17). The zero-order valence-electron chi connectivity index (χ0n) is 11.1. The average molecular weight is 297 g/mol. The SMILES string of the molecule is CCc1nnc(NS(=O)(=O)c2cn[nH]c2N)nc1CC. The average Bonchev–Trinajstić information content (AvgIpc) is 2.85. The van der Waals surface area contributed by atoms with E-state index >= 15 is 0 Å². The fraction of sp³-hybridized carbons (Fsp3) is 0.400. The Hall–Kier alpha value is -2.23. The number of anilines is 2. The summed E-state index contributed by atoms with van der Waals surface area (Å²) in [6.45, 7) is 3.84. The number of hydrogen-bond donors (Lipinski definition) is 3. The minimum atomic E-state index is -3.88. The lowest BCUT2D eigenvalue weighted by molar-refractivity contribution is 0.601. The number of H-pyrrole nitrogens is 1. The van der Waals surface area contributed by atoms with Crippen LogP contribution in [0.5, 0.6) is 0 Å². The molecule has 2 aromatic heterocycles. The monoisotopic (exact) mass is 297 g/mol. The summed E-state index contributed by atoms with van der Waals surface area (Å²) in [5.74, 6) is -0.133. The Morgan fingerprint density at radius 1 is 1.25 bits per heavy atom. The van der Waals surface area contributed by atoms with Gasteiger partial charge in [0.2, 0.25) is 0 Å². The van der Waals surface area contributed by atoms with Crippen molar-refractivity contribution < 1.29 is 8.42 Å². The van der Waals surface area contributed by atoms with Gasteiger partial charge in [0, 0.05) is 0 Å². The van der Waals surface area contributed by atoms with Crippen LogP contribution in [0.2, 0.25) is 0 Å². The van der Waals surface area contributed by atoms with Crippen molar-refractivity contribution >= 4 is 21.8 Å². The molecule has 0 spiro atoms. The number of nitrogens with zero attached hydrogens (tertiary/aromatic N) is 4. The summed E-state index contributed by atoms with van der Waals surface area (Å²) < 4.78 is 26.4. The van der Waals surface area contributed by atoms with Crippen LogP contribution in [-0.4, -0.2) is 33.8 Å². The van der Waals surface area contributed by atoms with E-state index in [0.717, 1.165) is 11.9 Å². The zero-order valence-corrected chi connectivity index (χ0v) is 11.9. The Morgan fingerprint density at radius 3 is 2.50 bits per heavy atom. The first-order valence-corrected chi connectivity index (χ1v) is 7.50. The highest BCUT2D eigenvalue weighted by Gasteiger charge is 2.21. The minimum absolute atomic E-state index is 0.0497. The van der Waals surface area contributed by atoms with Crippen LogP contribution >= 0.6 is 0 Å². The number of nitrogen functional groups attached to an aromatic ring is 1. The van der Waals surface area contributed by atoms with Crippen LogP contribution in [0.4, 0.5) is 11.8 Å². The maximum absolute atomic E-state index is 12.1. The van der Waals surface area contributed by atoms with E-state index in [0.29, 0.717) is 18.5 Å². The maximum atomic E-state index is 12.1. The summed E-state index contributed by atoms with van der Waals surface area (Å²) in [5, 5.41) is 13.6. The Morgan fingerprint density at radius 2 is 1.95 bits per heavy atom. The van der Waals surface area contributed by atoms with Crippen LogP contribution in [0.15, 0.2) is 11.1 Å². The molecule has 2 heterocycles. The van der Waals surface area contributed by atoms with Gasteiger partial charge in [0.05, 0.1) is 17.6 Å². The zero-order chi connectivity index (χ0) is 14.8. The van der Waals surface area contributed by atoms with Crippen molar-refractivity contribution in [2.24, 2.45) is 0 Å². The van der Waals surface area contributed by atoms with Crippen LogP contribution in [0.3, 0.4) is 0 Å². The summed E-state index contributed by atoms with van der Waals surface area (Å²) in [6, 6.07) is 0. The molecule has 10 heteroatoms. The molecule has 0 aliphatic carbocycles. The molecular weight excluding hydrogens is 282 g/mol. The van der Waals surface area contributed by atoms with Gasteiger partial charge < -0.3 is 5.73 Å². The fourth-order valence-corrected chi connectivity index (χ4v) is 2.62. The minimum Gasteiger partial charge on any atom is -0.383 e. The second-order valence-corrected chi connectivity index (χ2v) is 5.64. The van der Waals surface area contributed by atoms with E-state index in [1.54, 1.807) is 0 Å². The third-order valence-corrected chi connectivity index (χ3v) is 4.01. The first kappa shape index (κ1) is 14.2. The van der Waals surface area contributed by atoms with Crippen LogP contribution in [0, 0.1) is 0 Å². The number of hydrogen-bond acceptors (Lipinski definition) is 7. The number of aryl methyl sites for hydroxylation is 2. The maximum Gasteiger partial charge on any atom is 0.269 e. The summed E-state index contributed by atoms with van der Waals surface area (Å²) in [5.41, 5.74) is 6.95. The van der Waals surface area contributed by atoms with Crippen molar-refractivity contribution in [1.82, 2.24) is 25.4 Å². The Balaban J connectivity index is 2.33. The van der Waals surface area contributed by atoms with Gasteiger partial charge in [0.1, 0.15) is 10.7 Å². The van der Waals surface area contributed by atoms with Gasteiger partial charge in [-0.3, -0.25) is 5.10 Å². The fourth-order valence-electron chi connectivity index (χ4n) is 1.66. The Bertz CT molecular complexity index is 710. The molecule has 9 nitrogen and oxygen atoms in total. The molecule has 0 aromatic carbocycles. The molecule has 0 radical (unpaired) electrons. The lowest BCUT2D eigenvalue weighted by atomic mass is 10.2. The smallest absolute Gasteiger partial charge is 0.269 e. The molecule has 2 aromatic rings. The van der Waals surface area contributed by atoms with Crippen LogP contribution in [0.1, 0.15) is 25.2 Å². The quantitative estimate of drug-likeness (QED) is 0.711. The molecule has 0 saturated heterocycles. The van der Waals surface area contributed by atoms with Gasteiger partial charge in [-0.05, 0) is 12.8 Å². The van der Waals surface area contributed by atoms with E-state index in [2.05, 4.69) is 30.1 Å². The van der Waals surface area contributed by atoms with Gasteiger partial charge in [0.15, 0.2) is 0 Å². The summed E-state index contributed by atoms with van der Waals surface area (Å²) in [7, 11) is -3.88. The molecule has 2 rings (SSSR count). The van der Waals surface area contributed by atoms with Gasteiger partial charge in [-0.2, -0.15) is 5.10 Å². The van der Waals surface area contributed by atoms with E-state index in [1.807, 2.05) is 13.8 Å². The second-order valence-electron chi connectivity index (χ2n) is 3.99. The Labute approximate surface area is 116 Å². The molecule has 0 atom stereocenters. The molecule has 0 aliphatic heterocycles. The molecule has 108 valence electrons. The van der Waals surface area contributed by atoms with E-state index in [9.17, 15) is 8.42 Å². The molecule has 4 N–H and O–H groups in total. The number of sulfonamides is 1. The van der Waals surface area contributed by atoms with E-state index < -0.39 is 10.0 Å². The van der Waals surface area contributed by atoms with Crippen molar-refractivity contribution in [2.75, 3.05) is 10.5 Å². The second kappa shape index (κ2) is 5.41. The van der Waals surface area contributed by atoms with Gasteiger partial charge in [-0.25, -0.2) is 18.1 Å². The normalized spacial score (nSPS) is 11.5. The van der Waals surface area contributed by atoms with Crippen molar-refractivity contribution in [1.29, 1.82) is 0 Å². The summed E-state index contributed by atoms with van der Waals surface area (Å²) >= 11 is 0. The van der Waals surface area contributed by atoms with Crippen LogP contribution in [-0.2, 0) is 22.9 Å². The topological polar surface area (TPSA) is 140 Å². The van der Waals surface area contributed by atoms with Crippen molar-refractivity contribution in [3.63, 3.8) is 0 Å². The molecular formula is C10H15N7O2S. The highest BCUT2D eigenvalue weighted by molar-refractivity contribution is 7.92. The predicted octanol–water partition coefficient (Wildman–Crippen LogP) is 0.102. The highest BCUT2D eigenvalue weighted by Crippen LogP contribution is 2.17.